The maximum atomic E-state index is 12.3. The molecule has 0 aromatic carbocycles. The number of hydrogen-bond donors (Lipinski definition) is 1. The van der Waals surface area contributed by atoms with Crippen LogP contribution in [0.5, 0.6) is 0 Å². The predicted molar refractivity (Wildman–Crippen MR) is 76.9 cm³/mol. The lowest BCUT2D eigenvalue weighted by Crippen LogP contribution is -2.33. The summed E-state index contributed by atoms with van der Waals surface area (Å²) in [5, 5.41) is 0.668. The Hall–Kier alpha value is -0.510. The molecule has 9 heteroatoms. The van der Waals surface area contributed by atoms with Crippen molar-refractivity contribution in [3.63, 3.8) is 0 Å². The van der Waals surface area contributed by atoms with Crippen LogP contribution in [0.1, 0.15) is 0 Å². The lowest BCUT2D eigenvalue weighted by atomic mass is 10.5. The quantitative estimate of drug-likeness (QED) is 0.877. The molecule has 2 heterocycles. The lowest BCUT2D eigenvalue weighted by Gasteiger charge is -2.27. The molecular formula is C9H16N4O2S3. The molecule has 6 nitrogen and oxygen atoms in total. The van der Waals surface area contributed by atoms with E-state index in [1.165, 1.54) is 18.4 Å². The van der Waals surface area contributed by atoms with Crippen LogP contribution in [0.4, 0.5) is 10.8 Å². The highest BCUT2D eigenvalue weighted by Crippen LogP contribution is 2.36. The summed E-state index contributed by atoms with van der Waals surface area (Å²) in [7, 11) is -0.532. The Kier molecular flexibility index (Phi) is 4.05. The van der Waals surface area contributed by atoms with Crippen molar-refractivity contribution in [3.05, 3.63) is 0 Å². The highest BCUT2D eigenvalue weighted by Gasteiger charge is 2.30. The zero-order valence-corrected chi connectivity index (χ0v) is 12.7. The maximum Gasteiger partial charge on any atom is 0.249 e. The molecule has 2 rings (SSSR count). The number of aromatic nitrogens is 1. The minimum Gasteiger partial charge on any atom is -0.382 e. The van der Waals surface area contributed by atoms with E-state index in [4.69, 9.17) is 5.73 Å². The first-order valence-corrected chi connectivity index (χ1v) is 8.82. The number of nitrogens with zero attached hydrogens (tertiary/aromatic N) is 3. The van der Waals surface area contributed by atoms with E-state index in [-0.39, 0.29) is 10.7 Å². The Balaban J connectivity index is 2.44. The van der Waals surface area contributed by atoms with E-state index in [2.05, 4.69) is 9.27 Å². The largest absolute Gasteiger partial charge is 0.382 e. The van der Waals surface area contributed by atoms with Gasteiger partial charge in [-0.05, 0) is 11.5 Å². The second-order valence-electron chi connectivity index (χ2n) is 4.09. The van der Waals surface area contributed by atoms with Gasteiger partial charge in [0.15, 0.2) is 10.7 Å². The van der Waals surface area contributed by atoms with Gasteiger partial charge in [-0.25, -0.2) is 12.7 Å². The number of hydrogen-bond acceptors (Lipinski definition) is 7. The maximum absolute atomic E-state index is 12.3. The molecule has 1 saturated heterocycles. The number of nitrogens with two attached hydrogens (primary N) is 1. The van der Waals surface area contributed by atoms with Crippen LogP contribution in [-0.2, 0) is 10.0 Å². The molecule has 18 heavy (non-hydrogen) atoms. The first kappa shape index (κ1) is 13.9. The molecule has 2 N–H and O–H groups in total. The standard InChI is InChI=1S/C9H16N4O2S3/c1-12(2)18(14,15)7-8(10)11-17-9(7)13-3-5-16-6-4-13/h3-6H2,1-2H3,(H2,10,11). The van der Waals surface area contributed by atoms with Crippen LogP contribution in [0.15, 0.2) is 4.90 Å². The molecule has 1 aromatic rings. The lowest BCUT2D eigenvalue weighted by molar-refractivity contribution is 0.521. The monoisotopic (exact) mass is 308 g/mol. The van der Waals surface area contributed by atoms with Gasteiger partial charge in [-0.2, -0.15) is 16.1 Å². The molecule has 1 aromatic heterocycles. The molecule has 0 amide bonds. The summed E-state index contributed by atoms with van der Waals surface area (Å²) in [6.45, 7) is 1.67. The van der Waals surface area contributed by atoms with Crippen LogP contribution in [0.3, 0.4) is 0 Å². The Bertz CT molecular complexity index is 520. The fraction of sp³-hybridized carbons (Fsp3) is 0.667. The minimum absolute atomic E-state index is 0.0990. The van der Waals surface area contributed by atoms with Crippen molar-refractivity contribution in [2.24, 2.45) is 0 Å². The Morgan fingerprint density at radius 3 is 2.50 bits per heavy atom. The van der Waals surface area contributed by atoms with Crippen LogP contribution in [0, 0.1) is 0 Å². The summed E-state index contributed by atoms with van der Waals surface area (Å²) in [5.41, 5.74) is 5.73. The Morgan fingerprint density at radius 2 is 1.94 bits per heavy atom. The molecule has 0 aliphatic carbocycles. The van der Waals surface area contributed by atoms with Gasteiger partial charge in [0.25, 0.3) is 0 Å². The van der Waals surface area contributed by atoms with Gasteiger partial charge in [-0.15, -0.1) is 0 Å². The molecule has 0 radical (unpaired) electrons. The second kappa shape index (κ2) is 5.24. The number of thioether (sulfide) groups is 1. The average Bonchev–Trinajstić information content (AvgIpc) is 2.72. The fourth-order valence-electron chi connectivity index (χ4n) is 1.68. The smallest absolute Gasteiger partial charge is 0.249 e. The Labute approximate surface area is 115 Å². The van der Waals surface area contributed by atoms with Crippen molar-refractivity contribution in [1.29, 1.82) is 0 Å². The predicted octanol–water partition coefficient (Wildman–Crippen LogP) is 0.529. The zero-order valence-electron chi connectivity index (χ0n) is 10.3. The van der Waals surface area contributed by atoms with Crippen molar-refractivity contribution in [2.75, 3.05) is 49.3 Å². The third-order valence-electron chi connectivity index (χ3n) is 2.69. The van der Waals surface area contributed by atoms with E-state index in [9.17, 15) is 8.42 Å². The van der Waals surface area contributed by atoms with Gasteiger partial charge in [0.05, 0.1) is 0 Å². The molecule has 0 saturated carbocycles. The van der Waals surface area contributed by atoms with Gasteiger partial charge in [0, 0.05) is 38.7 Å². The summed E-state index contributed by atoms with van der Waals surface area (Å²) >= 11 is 3.03. The van der Waals surface area contributed by atoms with Crippen molar-refractivity contribution in [1.82, 2.24) is 8.68 Å². The van der Waals surface area contributed by atoms with E-state index in [1.807, 2.05) is 11.8 Å². The third kappa shape index (κ3) is 2.44. The zero-order chi connectivity index (χ0) is 13.3. The minimum atomic E-state index is -3.54. The first-order chi connectivity index (χ1) is 8.44. The summed E-state index contributed by atoms with van der Waals surface area (Å²) < 4.78 is 29.7. The summed E-state index contributed by atoms with van der Waals surface area (Å²) in [5.74, 6) is 2.10. The summed E-state index contributed by atoms with van der Waals surface area (Å²) in [4.78, 5) is 2.21. The molecule has 1 aliphatic heterocycles. The van der Waals surface area contributed by atoms with E-state index in [1.54, 1.807) is 0 Å². The third-order valence-corrected chi connectivity index (χ3v) is 6.57. The second-order valence-corrected chi connectivity index (χ2v) is 8.15. The van der Waals surface area contributed by atoms with Crippen LogP contribution < -0.4 is 10.6 Å². The number of anilines is 2. The molecule has 0 bridgehead atoms. The molecule has 0 unspecified atom stereocenters. The van der Waals surface area contributed by atoms with E-state index < -0.39 is 10.0 Å². The summed E-state index contributed by atoms with van der Waals surface area (Å²) in [6.07, 6.45) is 0. The highest BCUT2D eigenvalue weighted by atomic mass is 32.2. The topological polar surface area (TPSA) is 79.5 Å². The van der Waals surface area contributed by atoms with Gasteiger partial charge in [-0.1, -0.05) is 0 Å². The molecule has 1 fully saturated rings. The molecule has 0 spiro atoms. The van der Waals surface area contributed by atoms with E-state index >= 15 is 0 Å². The van der Waals surface area contributed by atoms with Crippen molar-refractivity contribution in [3.8, 4) is 0 Å². The SMILES string of the molecule is CN(C)S(=O)(=O)c1c(N)nsc1N1CCSCC1. The van der Waals surface area contributed by atoms with Crippen molar-refractivity contribution in [2.45, 2.75) is 4.90 Å². The van der Waals surface area contributed by atoms with Crippen molar-refractivity contribution >= 4 is 44.1 Å². The summed E-state index contributed by atoms with van der Waals surface area (Å²) in [6, 6.07) is 0. The van der Waals surface area contributed by atoms with Gasteiger partial charge in [-0.3, -0.25) is 0 Å². The molecule has 1 aliphatic rings. The van der Waals surface area contributed by atoms with Gasteiger partial charge >= 0.3 is 0 Å². The van der Waals surface area contributed by atoms with Crippen LogP contribution in [0.2, 0.25) is 0 Å². The molecule has 102 valence electrons. The molecule has 0 atom stereocenters. The normalized spacial score (nSPS) is 17.4. The van der Waals surface area contributed by atoms with E-state index in [0.717, 1.165) is 36.1 Å². The van der Waals surface area contributed by atoms with Crippen LogP contribution in [-0.4, -0.2) is 55.8 Å². The van der Waals surface area contributed by atoms with E-state index in [0.29, 0.717) is 5.00 Å². The molecular weight excluding hydrogens is 292 g/mol. The van der Waals surface area contributed by atoms with Gasteiger partial charge in [0.2, 0.25) is 10.0 Å². The average molecular weight is 308 g/mol. The number of rotatable bonds is 3. The first-order valence-electron chi connectivity index (χ1n) is 5.45. The fourth-order valence-corrected chi connectivity index (χ4v) is 4.85. The number of nitrogen functional groups attached to an aromatic ring is 1. The van der Waals surface area contributed by atoms with Crippen LogP contribution in [0.25, 0.3) is 0 Å². The highest BCUT2D eigenvalue weighted by molar-refractivity contribution is 7.99. The Morgan fingerprint density at radius 1 is 1.33 bits per heavy atom. The van der Waals surface area contributed by atoms with Gasteiger partial charge < -0.3 is 10.6 Å². The van der Waals surface area contributed by atoms with Crippen LogP contribution >= 0.6 is 23.3 Å². The van der Waals surface area contributed by atoms with Gasteiger partial charge in [0.1, 0.15) is 5.00 Å². The van der Waals surface area contributed by atoms with Crippen molar-refractivity contribution < 1.29 is 8.42 Å². The number of sulfonamides is 1.